The number of hydrogen-bond donors (Lipinski definition) is 0. The van der Waals surface area contributed by atoms with Crippen molar-refractivity contribution in [1.29, 1.82) is 0 Å². The first-order chi connectivity index (χ1) is 9.59. The van der Waals surface area contributed by atoms with Crippen LogP contribution in [0.15, 0.2) is 18.5 Å². The Morgan fingerprint density at radius 3 is 2.75 bits per heavy atom. The second-order valence-corrected chi connectivity index (χ2v) is 7.88. The number of nitrogens with zero attached hydrogens (tertiary/aromatic N) is 3. The average Bonchev–Trinajstić information content (AvgIpc) is 2.67. The molecule has 6 nitrogen and oxygen atoms in total. The van der Waals surface area contributed by atoms with Gasteiger partial charge in [-0.15, -0.1) is 0 Å². The molecule has 0 radical (unpaired) electrons. The number of ether oxygens (including phenoxy) is 1. The standard InChI is InChI=1S/C13H19N3O3S/c1-2-19-8-11-4-7-20(17,18)13(11)9-16(10-13)12-14-5-3-6-15-12/h3,5-6,11H,2,4,7-10H2,1H3/t11-/m1/s1. The first-order valence-electron chi connectivity index (χ1n) is 6.91. The minimum Gasteiger partial charge on any atom is -0.381 e. The summed E-state index contributed by atoms with van der Waals surface area (Å²) in [5.41, 5.74) is 0. The molecule has 1 atom stereocenters. The van der Waals surface area contributed by atoms with E-state index >= 15 is 0 Å². The predicted molar refractivity (Wildman–Crippen MR) is 75.4 cm³/mol. The molecule has 2 fully saturated rings. The molecule has 0 unspecified atom stereocenters. The van der Waals surface area contributed by atoms with Crippen LogP contribution in [0.25, 0.3) is 0 Å². The van der Waals surface area contributed by atoms with Crippen molar-refractivity contribution in [3.8, 4) is 0 Å². The van der Waals surface area contributed by atoms with Gasteiger partial charge in [-0.05, 0) is 19.4 Å². The normalized spacial score (nSPS) is 26.6. The zero-order valence-corrected chi connectivity index (χ0v) is 12.3. The second kappa shape index (κ2) is 4.96. The lowest BCUT2D eigenvalue weighted by Gasteiger charge is -2.49. The van der Waals surface area contributed by atoms with Crippen molar-refractivity contribution < 1.29 is 13.2 Å². The van der Waals surface area contributed by atoms with Gasteiger partial charge in [0.25, 0.3) is 0 Å². The van der Waals surface area contributed by atoms with Crippen molar-refractivity contribution in [3.05, 3.63) is 18.5 Å². The first-order valence-corrected chi connectivity index (χ1v) is 8.56. The van der Waals surface area contributed by atoms with Crippen LogP contribution in [-0.4, -0.2) is 55.2 Å². The Morgan fingerprint density at radius 2 is 2.10 bits per heavy atom. The van der Waals surface area contributed by atoms with E-state index in [-0.39, 0.29) is 11.7 Å². The number of hydrogen-bond acceptors (Lipinski definition) is 6. The fraction of sp³-hybridized carbons (Fsp3) is 0.692. The lowest BCUT2D eigenvalue weighted by molar-refractivity contribution is 0.0888. The Kier molecular flexibility index (Phi) is 3.41. The van der Waals surface area contributed by atoms with Gasteiger partial charge in [0.15, 0.2) is 9.84 Å². The SMILES string of the molecule is CCOC[C@H]1CCS(=O)(=O)C12CN(c1ncccn1)C2. The molecule has 1 aromatic heterocycles. The molecule has 0 aliphatic carbocycles. The smallest absolute Gasteiger partial charge is 0.225 e. The Bertz CT molecular complexity index is 570. The molecule has 2 saturated heterocycles. The molecular weight excluding hydrogens is 278 g/mol. The molecule has 110 valence electrons. The van der Waals surface area contributed by atoms with Crippen LogP contribution in [0.5, 0.6) is 0 Å². The van der Waals surface area contributed by atoms with Gasteiger partial charge in [-0.3, -0.25) is 0 Å². The van der Waals surface area contributed by atoms with Crippen molar-refractivity contribution in [2.75, 3.05) is 37.0 Å². The minimum absolute atomic E-state index is 0.0902. The number of aromatic nitrogens is 2. The van der Waals surface area contributed by atoms with E-state index in [1.165, 1.54) is 0 Å². The molecule has 2 aliphatic rings. The van der Waals surface area contributed by atoms with Gasteiger partial charge >= 0.3 is 0 Å². The highest BCUT2D eigenvalue weighted by molar-refractivity contribution is 7.93. The molecule has 20 heavy (non-hydrogen) atoms. The quantitative estimate of drug-likeness (QED) is 0.806. The van der Waals surface area contributed by atoms with Gasteiger partial charge in [-0.25, -0.2) is 18.4 Å². The third kappa shape index (κ3) is 2.00. The van der Waals surface area contributed by atoms with Gasteiger partial charge in [0.1, 0.15) is 4.75 Å². The molecule has 0 amide bonds. The van der Waals surface area contributed by atoms with Crippen LogP contribution in [-0.2, 0) is 14.6 Å². The summed E-state index contributed by atoms with van der Waals surface area (Å²) in [6.07, 6.45) is 4.05. The second-order valence-electron chi connectivity index (χ2n) is 5.43. The van der Waals surface area contributed by atoms with Crippen LogP contribution in [0.4, 0.5) is 5.95 Å². The minimum atomic E-state index is -3.05. The van der Waals surface area contributed by atoms with E-state index < -0.39 is 14.6 Å². The molecule has 0 bridgehead atoms. The van der Waals surface area contributed by atoms with Crippen LogP contribution in [0.2, 0.25) is 0 Å². The highest BCUT2D eigenvalue weighted by Gasteiger charge is 2.62. The van der Waals surface area contributed by atoms with Gasteiger partial charge in [0.2, 0.25) is 5.95 Å². The van der Waals surface area contributed by atoms with Gasteiger partial charge in [0, 0.05) is 38.0 Å². The summed E-state index contributed by atoms with van der Waals surface area (Å²) in [5, 5.41) is 0. The Labute approximate surface area is 119 Å². The van der Waals surface area contributed by atoms with Crippen molar-refractivity contribution in [2.24, 2.45) is 5.92 Å². The summed E-state index contributed by atoms with van der Waals surface area (Å²) < 4.78 is 29.6. The summed E-state index contributed by atoms with van der Waals surface area (Å²) in [7, 11) is -3.05. The Balaban J connectivity index is 1.78. The molecule has 3 heterocycles. The molecule has 3 rings (SSSR count). The summed E-state index contributed by atoms with van der Waals surface area (Å²) in [4.78, 5) is 10.3. The third-order valence-electron chi connectivity index (χ3n) is 4.37. The molecule has 0 saturated carbocycles. The predicted octanol–water partition coefficient (Wildman–Crippen LogP) is 0.507. The largest absolute Gasteiger partial charge is 0.381 e. The molecule has 0 aromatic carbocycles. The maximum absolute atomic E-state index is 12.4. The highest BCUT2D eigenvalue weighted by atomic mass is 32.2. The topological polar surface area (TPSA) is 72.4 Å². The highest BCUT2D eigenvalue weighted by Crippen LogP contribution is 2.45. The molecule has 7 heteroatoms. The van der Waals surface area contributed by atoms with E-state index in [9.17, 15) is 8.42 Å². The molecule has 2 aliphatic heterocycles. The maximum Gasteiger partial charge on any atom is 0.225 e. The molecular formula is C13H19N3O3S. The fourth-order valence-corrected chi connectivity index (χ4v) is 5.56. The average molecular weight is 297 g/mol. The molecule has 1 spiro atoms. The lowest BCUT2D eigenvalue weighted by Crippen LogP contribution is -2.68. The van der Waals surface area contributed by atoms with Gasteiger partial charge in [-0.1, -0.05) is 0 Å². The zero-order chi connectivity index (χ0) is 14.2. The number of sulfone groups is 1. The van der Waals surface area contributed by atoms with Crippen LogP contribution in [0, 0.1) is 5.92 Å². The van der Waals surface area contributed by atoms with Crippen molar-refractivity contribution in [1.82, 2.24) is 9.97 Å². The van der Waals surface area contributed by atoms with Crippen LogP contribution < -0.4 is 4.90 Å². The first kappa shape index (κ1) is 13.8. The van der Waals surface area contributed by atoms with Crippen LogP contribution in [0.1, 0.15) is 13.3 Å². The Hall–Kier alpha value is -1.21. The lowest BCUT2D eigenvalue weighted by atomic mass is 9.84. The van der Waals surface area contributed by atoms with Crippen molar-refractivity contribution in [2.45, 2.75) is 18.1 Å². The monoisotopic (exact) mass is 297 g/mol. The van der Waals surface area contributed by atoms with E-state index in [1.807, 2.05) is 11.8 Å². The van der Waals surface area contributed by atoms with E-state index in [1.54, 1.807) is 18.5 Å². The van der Waals surface area contributed by atoms with Crippen molar-refractivity contribution >= 4 is 15.8 Å². The summed E-state index contributed by atoms with van der Waals surface area (Å²) in [6.45, 7) is 4.05. The Morgan fingerprint density at radius 1 is 1.40 bits per heavy atom. The molecule has 0 N–H and O–H groups in total. The number of rotatable bonds is 4. The number of anilines is 1. The van der Waals surface area contributed by atoms with E-state index in [0.717, 1.165) is 0 Å². The van der Waals surface area contributed by atoms with Crippen LogP contribution >= 0.6 is 0 Å². The third-order valence-corrected chi connectivity index (χ3v) is 6.98. The summed E-state index contributed by atoms with van der Waals surface area (Å²) >= 11 is 0. The fourth-order valence-electron chi connectivity index (χ4n) is 3.16. The van der Waals surface area contributed by atoms with E-state index in [0.29, 0.717) is 38.7 Å². The van der Waals surface area contributed by atoms with E-state index in [2.05, 4.69) is 9.97 Å². The van der Waals surface area contributed by atoms with Crippen LogP contribution in [0.3, 0.4) is 0 Å². The van der Waals surface area contributed by atoms with Crippen molar-refractivity contribution in [3.63, 3.8) is 0 Å². The maximum atomic E-state index is 12.4. The van der Waals surface area contributed by atoms with E-state index in [4.69, 9.17) is 4.74 Å². The van der Waals surface area contributed by atoms with Gasteiger partial charge in [-0.2, -0.15) is 0 Å². The van der Waals surface area contributed by atoms with Gasteiger partial charge in [0.05, 0.1) is 12.4 Å². The molecule has 1 aromatic rings. The summed E-state index contributed by atoms with van der Waals surface area (Å²) in [6, 6.07) is 1.75. The summed E-state index contributed by atoms with van der Waals surface area (Å²) in [5.74, 6) is 0.969. The zero-order valence-electron chi connectivity index (χ0n) is 11.5. The van der Waals surface area contributed by atoms with Gasteiger partial charge < -0.3 is 9.64 Å².